The first kappa shape index (κ1) is 15.9. The molecular formula is C15H32N2O. The molecule has 18 heavy (non-hydrogen) atoms. The molecule has 4 N–H and O–H groups in total. The van der Waals surface area contributed by atoms with Gasteiger partial charge >= 0.3 is 0 Å². The predicted octanol–water partition coefficient (Wildman–Crippen LogP) is 2.28. The molecule has 1 aliphatic carbocycles. The maximum Gasteiger partial charge on any atom is 0.0431 e. The first-order chi connectivity index (χ1) is 8.55. The fourth-order valence-corrected chi connectivity index (χ4v) is 3.69. The zero-order chi connectivity index (χ0) is 13.6. The van der Waals surface area contributed by atoms with Gasteiger partial charge in [-0.15, -0.1) is 0 Å². The molecule has 0 saturated heterocycles. The average Bonchev–Trinajstić information content (AvgIpc) is 2.36. The van der Waals surface area contributed by atoms with Crippen molar-refractivity contribution in [3.8, 4) is 0 Å². The van der Waals surface area contributed by atoms with Crippen molar-refractivity contribution in [3.63, 3.8) is 0 Å². The van der Waals surface area contributed by atoms with Crippen LogP contribution in [-0.2, 0) is 0 Å². The lowest BCUT2D eigenvalue weighted by Gasteiger charge is -2.48. The van der Waals surface area contributed by atoms with Crippen molar-refractivity contribution in [3.05, 3.63) is 0 Å². The Kier molecular flexibility index (Phi) is 6.61. The van der Waals surface area contributed by atoms with Crippen molar-refractivity contribution >= 4 is 0 Å². The number of nitrogens with one attached hydrogen (secondary N) is 1. The van der Waals surface area contributed by atoms with Crippen LogP contribution in [0.5, 0.6) is 0 Å². The Bertz CT molecular complexity index is 233. The summed E-state index contributed by atoms with van der Waals surface area (Å²) in [6.45, 7) is 7.88. The molecular weight excluding hydrogens is 224 g/mol. The van der Waals surface area contributed by atoms with Crippen LogP contribution in [0.2, 0.25) is 0 Å². The Morgan fingerprint density at radius 2 is 2.06 bits per heavy atom. The lowest BCUT2D eigenvalue weighted by Crippen LogP contribution is -2.61. The summed E-state index contributed by atoms with van der Waals surface area (Å²) in [5.74, 6) is 1.37. The molecule has 0 spiro atoms. The van der Waals surface area contributed by atoms with Crippen LogP contribution >= 0.6 is 0 Å². The zero-order valence-corrected chi connectivity index (χ0v) is 12.4. The van der Waals surface area contributed by atoms with Gasteiger partial charge in [-0.1, -0.05) is 26.7 Å². The summed E-state index contributed by atoms with van der Waals surface area (Å²) in [4.78, 5) is 0. The van der Waals surface area contributed by atoms with E-state index in [0.717, 1.165) is 19.4 Å². The van der Waals surface area contributed by atoms with Crippen LogP contribution < -0.4 is 11.1 Å². The lowest BCUT2D eigenvalue weighted by atomic mass is 9.67. The minimum Gasteiger partial charge on any atom is -0.396 e. The van der Waals surface area contributed by atoms with Crippen LogP contribution in [0.3, 0.4) is 0 Å². The first-order valence-corrected chi connectivity index (χ1v) is 7.64. The second-order valence-electron chi connectivity index (χ2n) is 6.37. The van der Waals surface area contributed by atoms with Gasteiger partial charge in [-0.05, 0) is 44.4 Å². The molecule has 0 heterocycles. The monoisotopic (exact) mass is 256 g/mol. The standard InChI is InChI=1S/C15H32N2O/c1-12(2)14-8-4-5-9-15(14,11-16)17-13(3)7-6-10-18/h12-14,17-18H,4-11,16H2,1-3H3. The van der Waals surface area contributed by atoms with Crippen molar-refractivity contribution in [2.45, 2.75) is 70.9 Å². The molecule has 0 amide bonds. The van der Waals surface area contributed by atoms with Crippen molar-refractivity contribution in [1.29, 1.82) is 0 Å². The minimum absolute atomic E-state index is 0.126. The van der Waals surface area contributed by atoms with Gasteiger partial charge in [0.25, 0.3) is 0 Å². The van der Waals surface area contributed by atoms with E-state index in [9.17, 15) is 0 Å². The Morgan fingerprint density at radius 1 is 1.33 bits per heavy atom. The van der Waals surface area contributed by atoms with Gasteiger partial charge in [0.1, 0.15) is 0 Å². The van der Waals surface area contributed by atoms with E-state index in [1.807, 2.05) is 0 Å². The first-order valence-electron chi connectivity index (χ1n) is 7.64. The molecule has 0 aromatic rings. The Balaban J connectivity index is 2.68. The highest BCUT2D eigenvalue weighted by Gasteiger charge is 2.41. The number of hydrogen-bond acceptors (Lipinski definition) is 3. The number of nitrogens with two attached hydrogens (primary N) is 1. The molecule has 3 heteroatoms. The van der Waals surface area contributed by atoms with Gasteiger partial charge < -0.3 is 16.2 Å². The Labute approximate surface area is 113 Å². The molecule has 1 fully saturated rings. The smallest absolute Gasteiger partial charge is 0.0431 e. The van der Waals surface area contributed by atoms with Gasteiger partial charge in [0.05, 0.1) is 0 Å². The van der Waals surface area contributed by atoms with E-state index in [2.05, 4.69) is 26.1 Å². The van der Waals surface area contributed by atoms with E-state index >= 15 is 0 Å². The summed E-state index contributed by atoms with van der Waals surface area (Å²) in [5.41, 5.74) is 6.26. The third kappa shape index (κ3) is 3.94. The third-order valence-corrected chi connectivity index (χ3v) is 4.60. The maximum absolute atomic E-state index is 8.93. The summed E-state index contributed by atoms with van der Waals surface area (Å²) in [5, 5.41) is 12.7. The molecule has 0 radical (unpaired) electrons. The number of hydrogen-bond donors (Lipinski definition) is 3. The molecule has 0 aromatic carbocycles. The Morgan fingerprint density at radius 3 is 2.61 bits per heavy atom. The van der Waals surface area contributed by atoms with E-state index in [-0.39, 0.29) is 12.1 Å². The van der Waals surface area contributed by atoms with E-state index in [4.69, 9.17) is 10.8 Å². The van der Waals surface area contributed by atoms with Crippen LogP contribution in [-0.4, -0.2) is 29.8 Å². The van der Waals surface area contributed by atoms with Gasteiger partial charge in [-0.2, -0.15) is 0 Å². The maximum atomic E-state index is 8.93. The predicted molar refractivity (Wildman–Crippen MR) is 77.5 cm³/mol. The molecule has 0 aromatic heterocycles. The topological polar surface area (TPSA) is 58.3 Å². The highest BCUT2D eigenvalue weighted by molar-refractivity contribution is 5.00. The van der Waals surface area contributed by atoms with E-state index in [0.29, 0.717) is 17.9 Å². The van der Waals surface area contributed by atoms with E-state index < -0.39 is 0 Å². The molecule has 3 atom stereocenters. The summed E-state index contributed by atoms with van der Waals surface area (Å²) in [7, 11) is 0. The van der Waals surface area contributed by atoms with Gasteiger partial charge in [-0.3, -0.25) is 0 Å². The normalized spacial score (nSPS) is 30.7. The number of aliphatic hydroxyl groups is 1. The summed E-state index contributed by atoms with van der Waals surface area (Å²) in [6, 6.07) is 0.444. The molecule has 1 saturated carbocycles. The van der Waals surface area contributed by atoms with Crippen LogP contribution in [0.25, 0.3) is 0 Å². The van der Waals surface area contributed by atoms with E-state index in [1.54, 1.807) is 0 Å². The largest absolute Gasteiger partial charge is 0.396 e. The number of rotatable bonds is 7. The second kappa shape index (κ2) is 7.46. The van der Waals surface area contributed by atoms with Crippen LogP contribution in [0, 0.1) is 11.8 Å². The lowest BCUT2D eigenvalue weighted by molar-refractivity contribution is 0.0951. The summed E-state index contributed by atoms with van der Waals surface area (Å²) in [6.07, 6.45) is 7.05. The van der Waals surface area contributed by atoms with Crippen LogP contribution in [0.1, 0.15) is 59.3 Å². The Hall–Kier alpha value is -0.120. The second-order valence-corrected chi connectivity index (χ2v) is 6.37. The minimum atomic E-state index is 0.126. The quantitative estimate of drug-likeness (QED) is 0.655. The molecule has 0 bridgehead atoms. The zero-order valence-electron chi connectivity index (χ0n) is 12.4. The summed E-state index contributed by atoms with van der Waals surface area (Å²) >= 11 is 0. The average molecular weight is 256 g/mol. The molecule has 3 nitrogen and oxygen atoms in total. The van der Waals surface area contributed by atoms with Crippen molar-refractivity contribution in [1.82, 2.24) is 5.32 Å². The van der Waals surface area contributed by atoms with Crippen LogP contribution in [0.15, 0.2) is 0 Å². The van der Waals surface area contributed by atoms with E-state index in [1.165, 1.54) is 25.7 Å². The molecule has 1 aliphatic rings. The molecule has 1 rings (SSSR count). The summed E-state index contributed by atoms with van der Waals surface area (Å²) < 4.78 is 0. The fraction of sp³-hybridized carbons (Fsp3) is 1.00. The molecule has 0 aliphatic heterocycles. The molecule has 3 unspecified atom stereocenters. The third-order valence-electron chi connectivity index (χ3n) is 4.60. The SMILES string of the molecule is CC(CCCO)NC1(CN)CCCCC1C(C)C. The van der Waals surface area contributed by atoms with Crippen molar-refractivity contribution < 1.29 is 5.11 Å². The van der Waals surface area contributed by atoms with Gasteiger partial charge in [0, 0.05) is 24.7 Å². The van der Waals surface area contributed by atoms with Crippen LogP contribution in [0.4, 0.5) is 0 Å². The van der Waals surface area contributed by atoms with Gasteiger partial charge in [-0.25, -0.2) is 0 Å². The van der Waals surface area contributed by atoms with Gasteiger partial charge in [0.2, 0.25) is 0 Å². The van der Waals surface area contributed by atoms with Crippen molar-refractivity contribution in [2.24, 2.45) is 17.6 Å². The van der Waals surface area contributed by atoms with Crippen molar-refractivity contribution in [2.75, 3.05) is 13.2 Å². The number of aliphatic hydroxyl groups excluding tert-OH is 1. The highest BCUT2D eigenvalue weighted by atomic mass is 16.2. The fourth-order valence-electron chi connectivity index (χ4n) is 3.69. The van der Waals surface area contributed by atoms with Gasteiger partial charge in [0.15, 0.2) is 0 Å². The highest BCUT2D eigenvalue weighted by Crippen LogP contribution is 2.38. The molecule has 108 valence electrons.